The first kappa shape index (κ1) is 30.6. The number of carbonyl (C=O) groups is 2. The maximum absolute atomic E-state index is 12.6. The van der Waals surface area contributed by atoms with Gasteiger partial charge >= 0.3 is 0 Å². The van der Waals surface area contributed by atoms with Gasteiger partial charge in [-0.3, -0.25) is 13.9 Å². The lowest BCUT2D eigenvalue weighted by Crippen LogP contribution is -2.29. The van der Waals surface area contributed by atoms with Gasteiger partial charge in [0, 0.05) is 21.3 Å². The summed E-state index contributed by atoms with van der Waals surface area (Å²) in [6, 6.07) is 26.7. The molecule has 12 heteroatoms. The van der Waals surface area contributed by atoms with Gasteiger partial charge in [-0.15, -0.1) is 0 Å². The summed E-state index contributed by atoms with van der Waals surface area (Å²) < 4.78 is 31.6. The van der Waals surface area contributed by atoms with E-state index in [4.69, 9.17) is 27.9 Å². The molecule has 0 radical (unpaired) electrons. The molecule has 42 heavy (non-hydrogen) atoms. The average Bonchev–Trinajstić information content (AvgIpc) is 2.96. The first-order valence-electron chi connectivity index (χ1n) is 12.5. The fourth-order valence-corrected chi connectivity index (χ4v) is 5.02. The van der Waals surface area contributed by atoms with Crippen molar-refractivity contribution in [1.82, 2.24) is 5.43 Å². The van der Waals surface area contributed by atoms with E-state index in [1.54, 1.807) is 84.9 Å². The van der Waals surface area contributed by atoms with E-state index in [1.807, 2.05) is 0 Å². The Labute approximate surface area is 253 Å². The van der Waals surface area contributed by atoms with Crippen molar-refractivity contribution in [1.29, 1.82) is 0 Å². The molecule has 0 bridgehead atoms. The molecule has 0 spiro atoms. The maximum atomic E-state index is 12.6. The summed E-state index contributed by atoms with van der Waals surface area (Å²) in [4.78, 5) is 24.7. The van der Waals surface area contributed by atoms with Crippen LogP contribution in [0.3, 0.4) is 0 Å². The van der Waals surface area contributed by atoms with Crippen LogP contribution in [0, 0.1) is 0 Å². The van der Waals surface area contributed by atoms with Gasteiger partial charge in [0.15, 0.2) is 6.61 Å². The molecule has 0 saturated heterocycles. The summed E-state index contributed by atoms with van der Waals surface area (Å²) in [5, 5.41) is 7.65. The number of halogens is 2. The van der Waals surface area contributed by atoms with Gasteiger partial charge in [0.25, 0.3) is 11.8 Å². The van der Waals surface area contributed by atoms with Gasteiger partial charge in [-0.1, -0.05) is 47.5 Å². The minimum atomic E-state index is -3.62. The van der Waals surface area contributed by atoms with Crippen molar-refractivity contribution in [3.8, 4) is 5.75 Å². The Bertz CT molecular complexity index is 1700. The van der Waals surface area contributed by atoms with Gasteiger partial charge in [-0.2, -0.15) is 5.10 Å². The number of benzene rings is 4. The van der Waals surface area contributed by atoms with Crippen LogP contribution < -0.4 is 19.8 Å². The van der Waals surface area contributed by atoms with Crippen LogP contribution in [0.15, 0.2) is 102 Å². The number of sulfonamides is 1. The smallest absolute Gasteiger partial charge is 0.271 e. The number of hydrazone groups is 1. The molecule has 0 saturated carbocycles. The van der Waals surface area contributed by atoms with Gasteiger partial charge in [0.2, 0.25) is 10.0 Å². The molecule has 4 rings (SSSR count). The molecular weight excluding hydrogens is 599 g/mol. The fraction of sp³-hybridized carbons (Fsp3) is 0.100. The zero-order valence-corrected chi connectivity index (χ0v) is 24.7. The molecule has 4 aromatic carbocycles. The van der Waals surface area contributed by atoms with Crippen LogP contribution in [-0.4, -0.2) is 39.3 Å². The summed E-state index contributed by atoms with van der Waals surface area (Å²) in [6.45, 7) is -0.134. The van der Waals surface area contributed by atoms with Gasteiger partial charge in [0.05, 0.1) is 24.7 Å². The van der Waals surface area contributed by atoms with E-state index in [9.17, 15) is 18.0 Å². The molecule has 4 aromatic rings. The van der Waals surface area contributed by atoms with Crippen LogP contribution in [-0.2, 0) is 21.4 Å². The fourth-order valence-electron chi connectivity index (χ4n) is 3.75. The molecule has 0 heterocycles. The molecule has 0 unspecified atom stereocenters. The van der Waals surface area contributed by atoms with Crippen molar-refractivity contribution in [2.75, 3.05) is 22.5 Å². The minimum Gasteiger partial charge on any atom is -0.484 e. The Balaban J connectivity index is 1.29. The number of nitrogens with one attached hydrogen (secondary N) is 2. The van der Waals surface area contributed by atoms with Gasteiger partial charge in [-0.05, 0) is 83.9 Å². The number of carbonyl (C=O) groups excluding carboxylic acids is 2. The number of anilines is 2. The molecular formula is C30H26Cl2N4O5S. The van der Waals surface area contributed by atoms with Crippen LogP contribution in [0.5, 0.6) is 5.75 Å². The normalized spacial score (nSPS) is 11.2. The van der Waals surface area contributed by atoms with E-state index >= 15 is 0 Å². The van der Waals surface area contributed by atoms with E-state index in [-0.39, 0.29) is 19.1 Å². The molecule has 0 fully saturated rings. The van der Waals surface area contributed by atoms with Gasteiger partial charge in [-0.25, -0.2) is 13.8 Å². The molecule has 2 amide bonds. The Kier molecular flexibility index (Phi) is 10.2. The van der Waals surface area contributed by atoms with Crippen LogP contribution in [0.2, 0.25) is 10.0 Å². The predicted octanol–water partition coefficient (Wildman–Crippen LogP) is 5.74. The molecule has 0 aromatic heterocycles. The van der Waals surface area contributed by atoms with Gasteiger partial charge in [0.1, 0.15) is 5.75 Å². The lowest BCUT2D eigenvalue weighted by atomic mass is 10.2. The monoisotopic (exact) mass is 624 g/mol. The van der Waals surface area contributed by atoms with Crippen LogP contribution >= 0.6 is 23.2 Å². The third-order valence-corrected chi connectivity index (χ3v) is 7.57. The number of rotatable bonds is 11. The molecule has 9 nitrogen and oxygen atoms in total. The second-order valence-corrected chi connectivity index (χ2v) is 11.8. The summed E-state index contributed by atoms with van der Waals surface area (Å²) in [5.41, 5.74) is 5.04. The van der Waals surface area contributed by atoms with Crippen molar-refractivity contribution >= 4 is 62.6 Å². The standard InChI is InChI=1S/C30H26Cl2N4O5S/c1-42(39,40)36(19-23-5-2-3-8-28(23)32)26-13-11-22(12-14-26)30(38)35-33-18-21-9-15-27(16-10-21)41-20-29(37)34-25-7-4-6-24(31)17-25/h2-18H,19-20H2,1H3,(H,34,37)(H,35,38)/b33-18-. The summed E-state index contributed by atoms with van der Waals surface area (Å²) in [7, 11) is -3.62. The number of amides is 2. The Morgan fingerprint density at radius 2 is 1.64 bits per heavy atom. The van der Waals surface area contributed by atoms with Crippen molar-refractivity contribution in [3.63, 3.8) is 0 Å². The molecule has 0 aliphatic heterocycles. The first-order valence-corrected chi connectivity index (χ1v) is 15.1. The largest absolute Gasteiger partial charge is 0.484 e. The maximum Gasteiger partial charge on any atom is 0.271 e. The second kappa shape index (κ2) is 14.0. The number of hydrogen-bond acceptors (Lipinski definition) is 6. The number of ether oxygens (including phenoxy) is 1. The van der Waals surface area contributed by atoms with Crippen molar-refractivity contribution in [3.05, 3.63) is 124 Å². The Morgan fingerprint density at radius 1 is 0.929 bits per heavy atom. The van der Waals surface area contributed by atoms with Gasteiger partial charge < -0.3 is 10.1 Å². The average molecular weight is 626 g/mol. The lowest BCUT2D eigenvalue weighted by molar-refractivity contribution is -0.118. The zero-order chi connectivity index (χ0) is 30.1. The molecule has 0 aliphatic carbocycles. The minimum absolute atomic E-state index is 0.0500. The predicted molar refractivity (Wildman–Crippen MR) is 166 cm³/mol. The lowest BCUT2D eigenvalue weighted by Gasteiger charge is -2.23. The summed E-state index contributed by atoms with van der Waals surface area (Å²) >= 11 is 12.1. The van der Waals surface area contributed by atoms with Crippen LogP contribution in [0.4, 0.5) is 11.4 Å². The molecule has 216 valence electrons. The van der Waals surface area contributed by atoms with E-state index < -0.39 is 15.9 Å². The highest BCUT2D eigenvalue weighted by Crippen LogP contribution is 2.24. The van der Waals surface area contributed by atoms with E-state index in [0.29, 0.717) is 43.9 Å². The Hall–Kier alpha value is -4.38. The van der Waals surface area contributed by atoms with Crippen molar-refractivity contribution < 1.29 is 22.7 Å². The number of nitrogens with zero attached hydrogens (tertiary/aromatic N) is 2. The summed E-state index contributed by atoms with van der Waals surface area (Å²) in [5.74, 6) is -0.320. The highest BCUT2D eigenvalue weighted by atomic mass is 35.5. The van der Waals surface area contributed by atoms with E-state index in [0.717, 1.165) is 6.26 Å². The third-order valence-electron chi connectivity index (χ3n) is 5.83. The van der Waals surface area contributed by atoms with E-state index in [2.05, 4.69) is 15.8 Å². The molecule has 2 N–H and O–H groups in total. The zero-order valence-electron chi connectivity index (χ0n) is 22.3. The highest BCUT2D eigenvalue weighted by molar-refractivity contribution is 7.92. The van der Waals surface area contributed by atoms with Crippen LogP contribution in [0.25, 0.3) is 0 Å². The van der Waals surface area contributed by atoms with E-state index in [1.165, 1.54) is 22.7 Å². The summed E-state index contributed by atoms with van der Waals surface area (Å²) in [6.07, 6.45) is 2.56. The van der Waals surface area contributed by atoms with Crippen LogP contribution in [0.1, 0.15) is 21.5 Å². The van der Waals surface area contributed by atoms with Crippen molar-refractivity contribution in [2.45, 2.75) is 6.54 Å². The highest BCUT2D eigenvalue weighted by Gasteiger charge is 2.19. The Morgan fingerprint density at radius 3 is 2.31 bits per heavy atom. The van der Waals surface area contributed by atoms with Crippen molar-refractivity contribution in [2.24, 2.45) is 5.10 Å². The molecule has 0 aliphatic rings. The quantitative estimate of drug-likeness (QED) is 0.163. The number of hydrogen-bond donors (Lipinski definition) is 2. The SMILES string of the molecule is CS(=O)(=O)N(Cc1ccccc1Cl)c1ccc(C(=O)N/N=C\c2ccc(OCC(=O)Nc3cccc(Cl)c3)cc2)cc1. The topological polar surface area (TPSA) is 117 Å². The second-order valence-electron chi connectivity index (χ2n) is 9.02. The third kappa shape index (κ3) is 8.81. The first-order chi connectivity index (χ1) is 20.1. The molecule has 0 atom stereocenters.